The lowest BCUT2D eigenvalue weighted by Gasteiger charge is -2.43. The van der Waals surface area contributed by atoms with Gasteiger partial charge in [-0.1, -0.05) is 27.7 Å². The van der Waals surface area contributed by atoms with Gasteiger partial charge >= 0.3 is 0 Å². The summed E-state index contributed by atoms with van der Waals surface area (Å²) in [6, 6.07) is 5.35. The number of rotatable bonds is 4. The number of furan rings is 1. The molecule has 1 aliphatic heterocycles. The molecule has 0 aromatic carbocycles. The zero-order chi connectivity index (χ0) is 14.0. The third-order valence-electron chi connectivity index (χ3n) is 4.22. The number of hydrogen-bond donors (Lipinski definition) is 1. The molecule has 0 spiro atoms. The molecule has 1 saturated heterocycles. The van der Waals surface area contributed by atoms with Crippen molar-refractivity contribution < 1.29 is 4.42 Å². The predicted molar refractivity (Wildman–Crippen MR) is 79.1 cm³/mol. The van der Waals surface area contributed by atoms with E-state index in [0.717, 1.165) is 31.2 Å². The van der Waals surface area contributed by atoms with Crippen LogP contribution in [0.15, 0.2) is 16.5 Å². The molecule has 1 N–H and O–H groups in total. The van der Waals surface area contributed by atoms with Gasteiger partial charge < -0.3 is 9.73 Å². The molecule has 0 saturated carbocycles. The first-order chi connectivity index (χ1) is 8.97. The molecule has 0 aliphatic carbocycles. The van der Waals surface area contributed by atoms with Crippen LogP contribution in [0.1, 0.15) is 39.2 Å². The number of nitrogens with zero attached hydrogens (tertiary/aromatic N) is 1. The highest BCUT2D eigenvalue weighted by molar-refractivity contribution is 5.06. The predicted octanol–water partition coefficient (Wildman–Crippen LogP) is 3.04. The van der Waals surface area contributed by atoms with Crippen LogP contribution < -0.4 is 5.32 Å². The average molecular weight is 264 g/mol. The quantitative estimate of drug-likeness (QED) is 0.906. The number of hydrogen-bond acceptors (Lipinski definition) is 3. The van der Waals surface area contributed by atoms with E-state index in [1.54, 1.807) is 0 Å². The Balaban J connectivity index is 2.07. The summed E-state index contributed by atoms with van der Waals surface area (Å²) in [4.78, 5) is 2.59. The van der Waals surface area contributed by atoms with Crippen LogP contribution in [-0.4, -0.2) is 30.1 Å². The van der Waals surface area contributed by atoms with Crippen LogP contribution in [-0.2, 0) is 6.54 Å². The lowest BCUT2D eigenvalue weighted by Crippen LogP contribution is -2.59. The monoisotopic (exact) mass is 264 g/mol. The van der Waals surface area contributed by atoms with Gasteiger partial charge in [-0.2, -0.15) is 0 Å². The molecule has 1 aromatic rings. The van der Waals surface area contributed by atoms with Crippen LogP contribution in [0.4, 0.5) is 0 Å². The van der Waals surface area contributed by atoms with Crippen molar-refractivity contribution in [1.29, 1.82) is 0 Å². The maximum absolute atomic E-state index is 5.75. The van der Waals surface area contributed by atoms with Crippen LogP contribution in [0, 0.1) is 18.8 Å². The average Bonchev–Trinajstić information content (AvgIpc) is 2.74. The first kappa shape index (κ1) is 14.6. The van der Waals surface area contributed by atoms with Gasteiger partial charge in [-0.05, 0) is 30.9 Å². The first-order valence-electron chi connectivity index (χ1n) is 7.50. The fourth-order valence-electron chi connectivity index (χ4n) is 2.91. The molecular weight excluding hydrogens is 236 g/mol. The second-order valence-corrected chi connectivity index (χ2v) is 6.51. The van der Waals surface area contributed by atoms with Crippen molar-refractivity contribution in [2.45, 2.75) is 53.2 Å². The summed E-state index contributed by atoms with van der Waals surface area (Å²) in [5, 5.41) is 3.70. The van der Waals surface area contributed by atoms with Gasteiger partial charge in [0.05, 0.1) is 6.54 Å². The molecule has 108 valence electrons. The van der Waals surface area contributed by atoms with E-state index >= 15 is 0 Å². The van der Waals surface area contributed by atoms with E-state index in [1.807, 2.05) is 6.92 Å². The van der Waals surface area contributed by atoms with Crippen molar-refractivity contribution in [3.05, 3.63) is 23.7 Å². The Bertz CT molecular complexity index is 397. The molecule has 2 atom stereocenters. The standard InChI is InChI=1S/C16H28N2O/c1-11(2)15-10-18(16(8-17-15)12(3)4)9-14-7-6-13(5)19-14/h6-7,11-12,15-17H,8-10H2,1-5H3. The summed E-state index contributed by atoms with van der Waals surface area (Å²) in [7, 11) is 0. The normalized spacial score (nSPS) is 25.4. The Morgan fingerprint density at radius 2 is 2.00 bits per heavy atom. The molecule has 1 aromatic heterocycles. The van der Waals surface area contributed by atoms with E-state index in [1.165, 1.54) is 0 Å². The van der Waals surface area contributed by atoms with Gasteiger partial charge in [-0.3, -0.25) is 4.90 Å². The van der Waals surface area contributed by atoms with E-state index in [9.17, 15) is 0 Å². The molecule has 0 amide bonds. The lowest BCUT2D eigenvalue weighted by molar-refractivity contribution is 0.0719. The Hall–Kier alpha value is -0.800. The summed E-state index contributed by atoms with van der Waals surface area (Å²) >= 11 is 0. The number of nitrogens with one attached hydrogen (secondary N) is 1. The molecule has 2 heterocycles. The van der Waals surface area contributed by atoms with Crippen molar-refractivity contribution in [3.8, 4) is 0 Å². The highest BCUT2D eigenvalue weighted by Crippen LogP contribution is 2.21. The Morgan fingerprint density at radius 3 is 2.53 bits per heavy atom. The summed E-state index contributed by atoms with van der Waals surface area (Å²) in [5.41, 5.74) is 0. The van der Waals surface area contributed by atoms with Gasteiger partial charge in [0.1, 0.15) is 11.5 Å². The van der Waals surface area contributed by atoms with Gasteiger partial charge in [0.25, 0.3) is 0 Å². The van der Waals surface area contributed by atoms with Gasteiger partial charge in [-0.15, -0.1) is 0 Å². The minimum Gasteiger partial charge on any atom is -0.465 e. The van der Waals surface area contributed by atoms with E-state index in [2.05, 4.69) is 50.0 Å². The fraction of sp³-hybridized carbons (Fsp3) is 0.750. The van der Waals surface area contributed by atoms with Crippen LogP contribution in [0.3, 0.4) is 0 Å². The van der Waals surface area contributed by atoms with Gasteiger partial charge in [0, 0.05) is 25.2 Å². The second kappa shape index (κ2) is 6.10. The molecular formula is C16H28N2O. The summed E-state index contributed by atoms with van der Waals surface area (Å²) in [5.74, 6) is 3.44. The third-order valence-corrected chi connectivity index (χ3v) is 4.22. The van der Waals surface area contributed by atoms with Crippen LogP contribution in [0.5, 0.6) is 0 Å². The SMILES string of the molecule is Cc1ccc(CN2CC(C(C)C)NCC2C(C)C)o1. The molecule has 2 unspecified atom stereocenters. The Labute approximate surface area is 117 Å². The van der Waals surface area contributed by atoms with Crippen molar-refractivity contribution in [2.75, 3.05) is 13.1 Å². The van der Waals surface area contributed by atoms with E-state index in [-0.39, 0.29) is 0 Å². The van der Waals surface area contributed by atoms with E-state index < -0.39 is 0 Å². The highest BCUT2D eigenvalue weighted by Gasteiger charge is 2.31. The van der Waals surface area contributed by atoms with Gasteiger partial charge in [-0.25, -0.2) is 0 Å². The van der Waals surface area contributed by atoms with Gasteiger partial charge in [0.2, 0.25) is 0 Å². The zero-order valence-electron chi connectivity index (χ0n) is 12.9. The maximum Gasteiger partial charge on any atom is 0.118 e. The minimum atomic E-state index is 0.589. The third kappa shape index (κ3) is 3.61. The maximum atomic E-state index is 5.75. The largest absolute Gasteiger partial charge is 0.465 e. The lowest BCUT2D eigenvalue weighted by atomic mass is 9.94. The summed E-state index contributed by atoms with van der Waals surface area (Å²) in [6.07, 6.45) is 0. The number of piperazine rings is 1. The van der Waals surface area contributed by atoms with Crippen molar-refractivity contribution in [1.82, 2.24) is 10.2 Å². The summed E-state index contributed by atoms with van der Waals surface area (Å²) < 4.78 is 5.75. The molecule has 2 rings (SSSR count). The van der Waals surface area contributed by atoms with Crippen molar-refractivity contribution >= 4 is 0 Å². The van der Waals surface area contributed by atoms with Crippen LogP contribution >= 0.6 is 0 Å². The fourth-order valence-corrected chi connectivity index (χ4v) is 2.91. The highest BCUT2D eigenvalue weighted by atomic mass is 16.3. The molecule has 3 nitrogen and oxygen atoms in total. The first-order valence-corrected chi connectivity index (χ1v) is 7.50. The zero-order valence-corrected chi connectivity index (χ0v) is 12.9. The van der Waals surface area contributed by atoms with Gasteiger partial charge in [0.15, 0.2) is 0 Å². The van der Waals surface area contributed by atoms with Crippen molar-refractivity contribution in [2.24, 2.45) is 11.8 Å². The minimum absolute atomic E-state index is 0.589. The smallest absolute Gasteiger partial charge is 0.118 e. The molecule has 0 radical (unpaired) electrons. The topological polar surface area (TPSA) is 28.4 Å². The van der Waals surface area contributed by atoms with Crippen molar-refractivity contribution in [3.63, 3.8) is 0 Å². The van der Waals surface area contributed by atoms with E-state index in [4.69, 9.17) is 4.42 Å². The van der Waals surface area contributed by atoms with E-state index in [0.29, 0.717) is 23.9 Å². The molecule has 1 fully saturated rings. The van der Waals surface area contributed by atoms with Crippen LogP contribution in [0.2, 0.25) is 0 Å². The molecule has 3 heteroatoms. The molecule has 1 aliphatic rings. The molecule has 19 heavy (non-hydrogen) atoms. The molecule has 0 bridgehead atoms. The number of aryl methyl sites for hydroxylation is 1. The Morgan fingerprint density at radius 1 is 1.26 bits per heavy atom. The second-order valence-electron chi connectivity index (χ2n) is 6.51. The Kier molecular flexibility index (Phi) is 4.69. The van der Waals surface area contributed by atoms with Crippen LogP contribution in [0.25, 0.3) is 0 Å². The summed E-state index contributed by atoms with van der Waals surface area (Å²) in [6.45, 7) is 14.3.